The maximum Gasteiger partial charge on any atom is 0.303 e. The van der Waals surface area contributed by atoms with Crippen LogP contribution < -0.4 is 4.74 Å². The number of carboxylic acid groups (broad SMARTS) is 1. The first-order chi connectivity index (χ1) is 7.97. The molecule has 0 radical (unpaired) electrons. The number of aromatic hydroxyl groups is 1. The molecule has 5 heteroatoms. The van der Waals surface area contributed by atoms with Crippen LogP contribution in [0.5, 0.6) is 11.5 Å². The number of phenolic OH excluding ortho intramolecular Hbond substituents is 1. The predicted molar refractivity (Wildman–Crippen MR) is 67.7 cm³/mol. The number of carboxylic acids is 1. The Labute approximate surface area is 108 Å². The number of phenols is 1. The van der Waals surface area contributed by atoms with Gasteiger partial charge in [0, 0.05) is 16.5 Å². The van der Waals surface area contributed by atoms with Crippen molar-refractivity contribution in [3.8, 4) is 11.5 Å². The second kappa shape index (κ2) is 5.91. The molecular weight excluding hydrogens is 288 g/mol. The lowest BCUT2D eigenvalue weighted by molar-refractivity contribution is -0.137. The largest absolute Gasteiger partial charge is 0.504 e. The number of hydrogen-bond donors (Lipinski definition) is 2. The van der Waals surface area contributed by atoms with Crippen molar-refractivity contribution in [2.24, 2.45) is 0 Å². The topological polar surface area (TPSA) is 66.8 Å². The smallest absolute Gasteiger partial charge is 0.303 e. The van der Waals surface area contributed by atoms with Gasteiger partial charge in [-0.05, 0) is 31.4 Å². The molecule has 2 N–H and O–H groups in total. The molecule has 0 heterocycles. The monoisotopic (exact) mass is 302 g/mol. The van der Waals surface area contributed by atoms with E-state index in [1.54, 1.807) is 6.07 Å². The highest BCUT2D eigenvalue weighted by molar-refractivity contribution is 9.10. The van der Waals surface area contributed by atoms with Crippen molar-refractivity contribution >= 4 is 21.9 Å². The molecule has 1 aromatic carbocycles. The van der Waals surface area contributed by atoms with E-state index in [1.165, 1.54) is 7.11 Å². The average molecular weight is 303 g/mol. The fourth-order valence-electron chi connectivity index (χ4n) is 1.71. The van der Waals surface area contributed by atoms with E-state index in [0.29, 0.717) is 18.6 Å². The Kier molecular flexibility index (Phi) is 4.81. The Morgan fingerprint density at radius 3 is 2.71 bits per heavy atom. The Balaban J connectivity index is 2.99. The van der Waals surface area contributed by atoms with Gasteiger partial charge < -0.3 is 14.9 Å². The number of rotatable bonds is 5. The lowest BCUT2D eigenvalue weighted by Crippen LogP contribution is -2.00. The maximum atomic E-state index is 10.5. The van der Waals surface area contributed by atoms with Gasteiger partial charge in [-0.3, -0.25) is 4.79 Å². The summed E-state index contributed by atoms with van der Waals surface area (Å²) in [7, 11) is 1.49. The Morgan fingerprint density at radius 2 is 2.18 bits per heavy atom. The van der Waals surface area contributed by atoms with E-state index in [1.807, 2.05) is 6.92 Å². The molecule has 0 amide bonds. The van der Waals surface area contributed by atoms with Gasteiger partial charge in [0.15, 0.2) is 11.5 Å². The third kappa shape index (κ3) is 3.36. The SMILES string of the molecule is COc1c(O)cc(Br)c(C)c1CCCC(=O)O. The molecule has 94 valence electrons. The van der Waals surface area contributed by atoms with Gasteiger partial charge in [0.1, 0.15) is 0 Å². The molecule has 0 saturated carbocycles. The summed E-state index contributed by atoms with van der Waals surface area (Å²) in [6.45, 7) is 1.90. The highest BCUT2D eigenvalue weighted by Crippen LogP contribution is 2.37. The highest BCUT2D eigenvalue weighted by atomic mass is 79.9. The van der Waals surface area contributed by atoms with Gasteiger partial charge in [0.2, 0.25) is 0 Å². The molecule has 0 fully saturated rings. The summed E-state index contributed by atoms with van der Waals surface area (Å²) in [5.41, 5.74) is 1.81. The van der Waals surface area contributed by atoms with Crippen LogP contribution in [0, 0.1) is 6.92 Å². The Hall–Kier alpha value is -1.23. The normalized spacial score (nSPS) is 10.3. The summed E-state index contributed by atoms with van der Waals surface area (Å²) in [4.78, 5) is 10.5. The van der Waals surface area contributed by atoms with E-state index in [2.05, 4.69) is 15.9 Å². The highest BCUT2D eigenvalue weighted by Gasteiger charge is 2.14. The second-order valence-corrected chi connectivity index (χ2v) is 4.62. The molecule has 0 bridgehead atoms. The standard InChI is InChI=1S/C12H15BrO4/c1-7-8(4-3-5-11(15)16)12(17-2)10(14)6-9(7)13/h6,14H,3-5H2,1-2H3,(H,15,16). The van der Waals surface area contributed by atoms with E-state index in [0.717, 1.165) is 15.6 Å². The number of benzene rings is 1. The molecule has 0 atom stereocenters. The van der Waals surface area contributed by atoms with Crippen LogP contribution in [-0.4, -0.2) is 23.3 Å². The van der Waals surface area contributed by atoms with E-state index >= 15 is 0 Å². The molecule has 0 aromatic heterocycles. The van der Waals surface area contributed by atoms with Crippen LogP contribution in [0.15, 0.2) is 10.5 Å². The van der Waals surface area contributed by atoms with E-state index < -0.39 is 5.97 Å². The molecule has 0 saturated heterocycles. The quantitative estimate of drug-likeness (QED) is 0.877. The van der Waals surface area contributed by atoms with Crippen molar-refractivity contribution in [1.82, 2.24) is 0 Å². The van der Waals surface area contributed by atoms with Gasteiger partial charge in [-0.25, -0.2) is 0 Å². The molecule has 4 nitrogen and oxygen atoms in total. The lowest BCUT2D eigenvalue weighted by atomic mass is 10.0. The number of halogens is 1. The van der Waals surface area contributed by atoms with Crippen molar-refractivity contribution in [3.63, 3.8) is 0 Å². The number of carbonyl (C=O) groups is 1. The Bertz CT molecular complexity index is 429. The van der Waals surface area contributed by atoms with Gasteiger partial charge in [-0.2, -0.15) is 0 Å². The predicted octanol–water partition coefficient (Wildman–Crippen LogP) is 2.88. The lowest BCUT2D eigenvalue weighted by Gasteiger charge is -2.14. The summed E-state index contributed by atoms with van der Waals surface area (Å²) < 4.78 is 5.94. The average Bonchev–Trinajstić information content (AvgIpc) is 2.24. The molecule has 1 rings (SSSR count). The zero-order valence-corrected chi connectivity index (χ0v) is 11.4. The third-order valence-corrected chi connectivity index (χ3v) is 3.43. The summed E-state index contributed by atoms with van der Waals surface area (Å²) >= 11 is 3.35. The van der Waals surface area contributed by atoms with Gasteiger partial charge >= 0.3 is 5.97 Å². The number of aliphatic carboxylic acids is 1. The molecular formula is C12H15BrO4. The van der Waals surface area contributed by atoms with E-state index in [9.17, 15) is 9.90 Å². The van der Waals surface area contributed by atoms with Crippen LogP contribution in [0.25, 0.3) is 0 Å². The number of hydrogen-bond acceptors (Lipinski definition) is 3. The fourth-order valence-corrected chi connectivity index (χ4v) is 2.16. The zero-order chi connectivity index (χ0) is 13.0. The van der Waals surface area contributed by atoms with Crippen LogP contribution >= 0.6 is 15.9 Å². The van der Waals surface area contributed by atoms with Gasteiger partial charge in [0.25, 0.3) is 0 Å². The van der Waals surface area contributed by atoms with Crippen molar-refractivity contribution in [2.75, 3.05) is 7.11 Å². The first-order valence-corrected chi connectivity index (χ1v) is 6.03. The van der Waals surface area contributed by atoms with Crippen molar-refractivity contribution in [1.29, 1.82) is 0 Å². The minimum atomic E-state index is -0.819. The molecule has 0 spiro atoms. The van der Waals surface area contributed by atoms with Gasteiger partial charge in [0.05, 0.1) is 7.11 Å². The van der Waals surface area contributed by atoms with Crippen molar-refractivity contribution in [2.45, 2.75) is 26.2 Å². The van der Waals surface area contributed by atoms with E-state index in [4.69, 9.17) is 9.84 Å². The Morgan fingerprint density at radius 1 is 1.53 bits per heavy atom. The molecule has 17 heavy (non-hydrogen) atoms. The van der Waals surface area contributed by atoms with Crippen LogP contribution in [0.3, 0.4) is 0 Å². The summed E-state index contributed by atoms with van der Waals surface area (Å²) in [5.74, 6) is -0.327. The third-order valence-electron chi connectivity index (χ3n) is 2.60. The maximum absolute atomic E-state index is 10.5. The zero-order valence-electron chi connectivity index (χ0n) is 9.79. The van der Waals surface area contributed by atoms with Crippen LogP contribution in [0.4, 0.5) is 0 Å². The van der Waals surface area contributed by atoms with Crippen LogP contribution in [0.1, 0.15) is 24.0 Å². The number of ether oxygens (including phenoxy) is 1. The fraction of sp³-hybridized carbons (Fsp3) is 0.417. The van der Waals surface area contributed by atoms with Crippen LogP contribution in [-0.2, 0) is 11.2 Å². The minimum Gasteiger partial charge on any atom is -0.504 e. The molecule has 0 aliphatic heterocycles. The molecule has 0 aliphatic rings. The summed E-state index contributed by atoms with van der Waals surface area (Å²) in [6, 6.07) is 1.58. The summed E-state index contributed by atoms with van der Waals surface area (Å²) in [6.07, 6.45) is 1.19. The first-order valence-electron chi connectivity index (χ1n) is 5.24. The minimum absolute atomic E-state index is 0.0651. The van der Waals surface area contributed by atoms with Crippen molar-refractivity contribution < 1.29 is 19.7 Å². The van der Waals surface area contributed by atoms with Crippen molar-refractivity contribution in [3.05, 3.63) is 21.7 Å². The summed E-state index contributed by atoms with van der Waals surface area (Å²) in [5, 5.41) is 18.3. The van der Waals surface area contributed by atoms with Gasteiger partial charge in [-0.15, -0.1) is 0 Å². The molecule has 0 aliphatic carbocycles. The number of methoxy groups -OCH3 is 1. The first kappa shape index (κ1) is 13.8. The second-order valence-electron chi connectivity index (χ2n) is 3.76. The van der Waals surface area contributed by atoms with E-state index in [-0.39, 0.29) is 12.2 Å². The van der Waals surface area contributed by atoms with Crippen LogP contribution in [0.2, 0.25) is 0 Å². The molecule has 0 unspecified atom stereocenters. The van der Waals surface area contributed by atoms with Gasteiger partial charge in [-0.1, -0.05) is 15.9 Å². The molecule has 1 aromatic rings.